The van der Waals surface area contributed by atoms with E-state index in [1.807, 2.05) is 0 Å². The van der Waals surface area contributed by atoms with Crippen LogP contribution in [0.15, 0.2) is 16.4 Å². The van der Waals surface area contributed by atoms with Crippen molar-refractivity contribution < 1.29 is 8.42 Å². The van der Waals surface area contributed by atoms with E-state index in [0.29, 0.717) is 25.6 Å². The van der Waals surface area contributed by atoms with Crippen LogP contribution in [0.1, 0.15) is 30.2 Å². The zero-order valence-electron chi connectivity index (χ0n) is 15.1. The van der Waals surface area contributed by atoms with Gasteiger partial charge in [-0.05, 0) is 49.6 Å². The smallest absolute Gasteiger partial charge is 0.211 e. The molecule has 2 N–H and O–H groups in total. The molecule has 9 heteroatoms. The van der Waals surface area contributed by atoms with Crippen LogP contribution in [0.4, 0.5) is 0 Å². The predicted molar refractivity (Wildman–Crippen MR) is 116 cm³/mol. The largest absolute Gasteiger partial charge is 0.357 e. The number of hydrogen-bond donors (Lipinski definition) is 2. The SMILES string of the molecule is CCNC(=NCc1sccc1C)NCC1CCN(S(C)(=O)=O)CC1.I. The fourth-order valence-corrected chi connectivity index (χ4v) is 4.45. The number of rotatable bonds is 6. The van der Waals surface area contributed by atoms with E-state index in [-0.39, 0.29) is 24.0 Å². The quantitative estimate of drug-likeness (QED) is 0.358. The van der Waals surface area contributed by atoms with Crippen LogP contribution in [-0.2, 0) is 16.6 Å². The second kappa shape index (κ2) is 10.7. The molecular formula is C16H29IN4O2S2. The number of nitrogens with one attached hydrogen (secondary N) is 2. The summed E-state index contributed by atoms with van der Waals surface area (Å²) in [5.74, 6) is 1.31. The Bertz CT molecular complexity index is 653. The highest BCUT2D eigenvalue weighted by Gasteiger charge is 2.24. The molecule has 0 radical (unpaired) electrons. The Morgan fingerprint density at radius 3 is 2.56 bits per heavy atom. The summed E-state index contributed by atoms with van der Waals surface area (Å²) in [6.07, 6.45) is 3.07. The lowest BCUT2D eigenvalue weighted by molar-refractivity contribution is 0.275. The molecule has 0 spiro atoms. The highest BCUT2D eigenvalue weighted by Crippen LogP contribution is 2.18. The Morgan fingerprint density at radius 1 is 1.36 bits per heavy atom. The maximum absolute atomic E-state index is 11.6. The second-order valence-corrected chi connectivity index (χ2v) is 9.19. The van der Waals surface area contributed by atoms with Gasteiger partial charge in [0.25, 0.3) is 0 Å². The van der Waals surface area contributed by atoms with Crippen molar-refractivity contribution in [3.05, 3.63) is 21.9 Å². The van der Waals surface area contributed by atoms with E-state index in [0.717, 1.165) is 31.9 Å². The van der Waals surface area contributed by atoms with E-state index in [9.17, 15) is 8.42 Å². The molecule has 25 heavy (non-hydrogen) atoms. The molecule has 1 aromatic rings. The molecule has 1 fully saturated rings. The summed E-state index contributed by atoms with van der Waals surface area (Å²) >= 11 is 1.73. The summed E-state index contributed by atoms with van der Waals surface area (Å²) in [4.78, 5) is 5.94. The van der Waals surface area contributed by atoms with Crippen molar-refractivity contribution in [1.29, 1.82) is 0 Å². The van der Waals surface area contributed by atoms with Gasteiger partial charge in [-0.25, -0.2) is 17.7 Å². The third kappa shape index (κ3) is 7.40. The fourth-order valence-electron chi connectivity index (χ4n) is 2.74. The molecule has 0 bridgehead atoms. The molecule has 0 aliphatic carbocycles. The number of thiophene rings is 1. The van der Waals surface area contributed by atoms with E-state index < -0.39 is 10.0 Å². The Morgan fingerprint density at radius 2 is 2.04 bits per heavy atom. The van der Waals surface area contributed by atoms with Gasteiger partial charge < -0.3 is 10.6 Å². The minimum Gasteiger partial charge on any atom is -0.357 e. The van der Waals surface area contributed by atoms with Crippen LogP contribution in [0.2, 0.25) is 0 Å². The van der Waals surface area contributed by atoms with Crippen molar-refractivity contribution in [3.8, 4) is 0 Å². The monoisotopic (exact) mass is 500 g/mol. The number of guanidine groups is 1. The van der Waals surface area contributed by atoms with Gasteiger partial charge >= 0.3 is 0 Å². The topological polar surface area (TPSA) is 73.8 Å². The van der Waals surface area contributed by atoms with Gasteiger partial charge in [-0.2, -0.15) is 0 Å². The minimum atomic E-state index is -3.05. The van der Waals surface area contributed by atoms with E-state index in [4.69, 9.17) is 0 Å². The zero-order valence-corrected chi connectivity index (χ0v) is 19.1. The lowest BCUT2D eigenvalue weighted by Gasteiger charge is -2.30. The minimum absolute atomic E-state index is 0. The molecule has 2 heterocycles. The summed E-state index contributed by atoms with van der Waals surface area (Å²) in [6.45, 7) is 7.73. The molecule has 144 valence electrons. The number of sulfonamides is 1. The average Bonchev–Trinajstić information content (AvgIpc) is 2.95. The summed E-state index contributed by atoms with van der Waals surface area (Å²) in [6, 6.07) is 2.12. The van der Waals surface area contributed by atoms with E-state index in [2.05, 4.69) is 40.9 Å². The molecule has 6 nitrogen and oxygen atoms in total. The third-order valence-corrected chi connectivity index (χ3v) is 6.60. The lowest BCUT2D eigenvalue weighted by atomic mass is 9.98. The van der Waals surface area contributed by atoms with E-state index in [1.54, 1.807) is 15.6 Å². The molecule has 0 aromatic carbocycles. The molecule has 0 saturated carbocycles. The van der Waals surface area contributed by atoms with Crippen LogP contribution in [0.3, 0.4) is 0 Å². The second-order valence-electron chi connectivity index (χ2n) is 6.21. The van der Waals surface area contributed by atoms with E-state index >= 15 is 0 Å². The average molecular weight is 500 g/mol. The van der Waals surface area contributed by atoms with Crippen molar-refractivity contribution in [1.82, 2.24) is 14.9 Å². The normalized spacial score (nSPS) is 17.2. The summed E-state index contributed by atoms with van der Waals surface area (Å²) in [7, 11) is -3.05. The Balaban J connectivity index is 0.00000312. The van der Waals surface area contributed by atoms with Gasteiger partial charge in [0.1, 0.15) is 0 Å². The number of nitrogens with zero attached hydrogens (tertiary/aromatic N) is 2. The van der Waals surface area contributed by atoms with Gasteiger partial charge in [-0.1, -0.05) is 0 Å². The predicted octanol–water partition coefficient (Wildman–Crippen LogP) is 2.40. The Hall–Kier alpha value is -0.390. The Kier molecular flexibility index (Phi) is 9.68. The molecule has 0 unspecified atom stereocenters. The van der Waals surface area contributed by atoms with Crippen molar-refractivity contribution in [3.63, 3.8) is 0 Å². The van der Waals surface area contributed by atoms with Crippen LogP contribution in [0, 0.1) is 12.8 Å². The molecule has 1 saturated heterocycles. The molecular weight excluding hydrogens is 471 g/mol. The molecule has 1 aliphatic heterocycles. The number of aryl methyl sites for hydroxylation is 1. The maximum atomic E-state index is 11.6. The molecule has 0 atom stereocenters. The van der Waals surface area contributed by atoms with Crippen LogP contribution in [0.25, 0.3) is 0 Å². The summed E-state index contributed by atoms with van der Waals surface area (Å²) in [5.41, 5.74) is 1.28. The van der Waals surface area contributed by atoms with Crippen LogP contribution >= 0.6 is 35.3 Å². The van der Waals surface area contributed by atoms with Gasteiger partial charge in [0.05, 0.1) is 12.8 Å². The fraction of sp³-hybridized carbons (Fsp3) is 0.688. The Labute approximate surface area is 172 Å². The van der Waals surface area contributed by atoms with Crippen LogP contribution in [-0.4, -0.2) is 51.1 Å². The van der Waals surface area contributed by atoms with Gasteiger partial charge in [-0.15, -0.1) is 35.3 Å². The highest BCUT2D eigenvalue weighted by molar-refractivity contribution is 14.0. The highest BCUT2D eigenvalue weighted by atomic mass is 127. The summed E-state index contributed by atoms with van der Waals surface area (Å²) in [5, 5.41) is 8.77. The van der Waals surface area contributed by atoms with Crippen LogP contribution < -0.4 is 10.6 Å². The molecule has 1 aliphatic rings. The van der Waals surface area contributed by atoms with Gasteiger partial charge in [0, 0.05) is 31.1 Å². The van der Waals surface area contributed by atoms with E-state index in [1.165, 1.54) is 16.7 Å². The van der Waals surface area contributed by atoms with Gasteiger partial charge in [0.2, 0.25) is 10.0 Å². The third-order valence-electron chi connectivity index (χ3n) is 4.29. The van der Waals surface area contributed by atoms with Gasteiger partial charge in [-0.3, -0.25) is 0 Å². The molecule has 0 amide bonds. The summed E-state index contributed by atoms with van der Waals surface area (Å²) < 4.78 is 24.7. The van der Waals surface area contributed by atoms with Crippen molar-refractivity contribution >= 4 is 51.3 Å². The zero-order chi connectivity index (χ0) is 17.6. The first-order chi connectivity index (χ1) is 11.4. The lowest BCUT2D eigenvalue weighted by Crippen LogP contribution is -2.44. The van der Waals surface area contributed by atoms with Crippen molar-refractivity contribution in [2.75, 3.05) is 32.4 Å². The molecule has 2 rings (SSSR count). The number of hydrogen-bond acceptors (Lipinski definition) is 4. The van der Waals surface area contributed by atoms with Crippen molar-refractivity contribution in [2.45, 2.75) is 33.2 Å². The first kappa shape index (κ1) is 22.7. The maximum Gasteiger partial charge on any atom is 0.211 e. The first-order valence-electron chi connectivity index (χ1n) is 8.40. The van der Waals surface area contributed by atoms with Gasteiger partial charge in [0.15, 0.2) is 5.96 Å². The number of halogens is 1. The number of piperidine rings is 1. The number of aliphatic imine (C=N–C) groups is 1. The first-order valence-corrected chi connectivity index (χ1v) is 11.1. The molecule has 1 aromatic heterocycles. The standard InChI is InChI=1S/C16H28N4O2S2.HI/c1-4-17-16(19-12-15-13(2)7-10-23-15)18-11-14-5-8-20(9-6-14)24(3,21)22;/h7,10,14H,4-6,8-9,11-12H2,1-3H3,(H2,17,18,19);1H. The van der Waals surface area contributed by atoms with Crippen molar-refractivity contribution in [2.24, 2.45) is 10.9 Å². The van der Waals surface area contributed by atoms with Crippen LogP contribution in [0.5, 0.6) is 0 Å².